The summed E-state index contributed by atoms with van der Waals surface area (Å²) in [5, 5.41) is 13.2. The SMILES string of the molecule is Oc1ccc(CC2CCNC2)c(Cl)c1. The molecule has 1 aliphatic rings. The van der Waals surface area contributed by atoms with E-state index in [9.17, 15) is 5.11 Å². The first-order valence-electron chi connectivity index (χ1n) is 4.94. The molecule has 1 fully saturated rings. The highest BCUT2D eigenvalue weighted by molar-refractivity contribution is 6.31. The molecule has 0 aliphatic carbocycles. The zero-order valence-corrected chi connectivity index (χ0v) is 8.72. The number of benzene rings is 1. The summed E-state index contributed by atoms with van der Waals surface area (Å²) >= 11 is 6.03. The summed E-state index contributed by atoms with van der Waals surface area (Å²) in [4.78, 5) is 0. The van der Waals surface area contributed by atoms with Crippen molar-refractivity contribution in [2.75, 3.05) is 13.1 Å². The molecule has 0 spiro atoms. The van der Waals surface area contributed by atoms with Gasteiger partial charge in [0.15, 0.2) is 0 Å². The zero-order chi connectivity index (χ0) is 9.97. The number of phenolic OH excluding ortho intramolecular Hbond substituents is 1. The van der Waals surface area contributed by atoms with Crippen LogP contribution < -0.4 is 5.32 Å². The molecule has 76 valence electrons. The van der Waals surface area contributed by atoms with E-state index in [2.05, 4.69) is 5.32 Å². The Morgan fingerprint density at radius 1 is 1.50 bits per heavy atom. The Morgan fingerprint density at radius 3 is 3.00 bits per heavy atom. The van der Waals surface area contributed by atoms with Crippen LogP contribution in [0.1, 0.15) is 12.0 Å². The number of nitrogens with one attached hydrogen (secondary N) is 1. The fraction of sp³-hybridized carbons (Fsp3) is 0.455. The highest BCUT2D eigenvalue weighted by Crippen LogP contribution is 2.25. The van der Waals surface area contributed by atoms with Crippen molar-refractivity contribution < 1.29 is 5.11 Å². The summed E-state index contributed by atoms with van der Waals surface area (Å²) in [7, 11) is 0. The Balaban J connectivity index is 2.08. The van der Waals surface area contributed by atoms with Crippen molar-refractivity contribution in [2.24, 2.45) is 5.92 Å². The molecule has 0 amide bonds. The number of hydrogen-bond acceptors (Lipinski definition) is 2. The Bertz CT molecular complexity index is 321. The highest BCUT2D eigenvalue weighted by Gasteiger charge is 2.16. The van der Waals surface area contributed by atoms with E-state index < -0.39 is 0 Å². The first kappa shape index (κ1) is 9.81. The van der Waals surface area contributed by atoms with Crippen molar-refractivity contribution >= 4 is 11.6 Å². The van der Waals surface area contributed by atoms with Crippen LogP contribution in [0.3, 0.4) is 0 Å². The Kier molecular flexibility index (Phi) is 2.94. The molecule has 2 rings (SSSR count). The molecular weight excluding hydrogens is 198 g/mol. The van der Waals surface area contributed by atoms with Gasteiger partial charge < -0.3 is 10.4 Å². The maximum atomic E-state index is 9.20. The normalized spacial score (nSPS) is 21.4. The van der Waals surface area contributed by atoms with Crippen LogP contribution in [0.15, 0.2) is 18.2 Å². The third-order valence-electron chi connectivity index (χ3n) is 2.71. The molecule has 0 bridgehead atoms. The van der Waals surface area contributed by atoms with Crippen LogP contribution in [0.4, 0.5) is 0 Å². The molecule has 1 aliphatic heterocycles. The first-order chi connectivity index (χ1) is 6.75. The van der Waals surface area contributed by atoms with Gasteiger partial charge in [0.05, 0.1) is 0 Å². The average Bonchev–Trinajstić information content (AvgIpc) is 2.62. The van der Waals surface area contributed by atoms with Crippen LogP contribution in [0.25, 0.3) is 0 Å². The van der Waals surface area contributed by atoms with E-state index in [0.29, 0.717) is 10.9 Å². The van der Waals surface area contributed by atoms with Gasteiger partial charge in [-0.15, -0.1) is 0 Å². The van der Waals surface area contributed by atoms with Gasteiger partial charge in [0.1, 0.15) is 5.75 Å². The smallest absolute Gasteiger partial charge is 0.117 e. The molecular formula is C11H14ClNO. The quantitative estimate of drug-likeness (QED) is 0.786. The molecule has 1 unspecified atom stereocenters. The average molecular weight is 212 g/mol. The minimum absolute atomic E-state index is 0.239. The third kappa shape index (κ3) is 2.20. The second-order valence-electron chi connectivity index (χ2n) is 3.84. The first-order valence-corrected chi connectivity index (χ1v) is 5.31. The number of aromatic hydroxyl groups is 1. The minimum atomic E-state index is 0.239. The second kappa shape index (κ2) is 4.20. The number of halogens is 1. The number of hydrogen-bond donors (Lipinski definition) is 2. The summed E-state index contributed by atoms with van der Waals surface area (Å²) < 4.78 is 0. The molecule has 0 saturated carbocycles. The summed E-state index contributed by atoms with van der Waals surface area (Å²) in [5.74, 6) is 0.931. The van der Waals surface area contributed by atoms with Gasteiger partial charge in [0.2, 0.25) is 0 Å². The van der Waals surface area contributed by atoms with Crippen LogP contribution in [-0.2, 0) is 6.42 Å². The van der Waals surface area contributed by atoms with Crippen LogP contribution in [0.2, 0.25) is 5.02 Å². The van der Waals surface area contributed by atoms with Crippen molar-refractivity contribution in [3.8, 4) is 5.75 Å². The van der Waals surface area contributed by atoms with Gasteiger partial charge in [-0.1, -0.05) is 17.7 Å². The fourth-order valence-electron chi connectivity index (χ4n) is 1.90. The van der Waals surface area contributed by atoms with E-state index in [-0.39, 0.29) is 5.75 Å². The van der Waals surface area contributed by atoms with E-state index in [1.165, 1.54) is 6.42 Å². The molecule has 1 heterocycles. The summed E-state index contributed by atoms with van der Waals surface area (Å²) in [6.45, 7) is 2.19. The lowest BCUT2D eigenvalue weighted by Crippen LogP contribution is -2.10. The molecule has 1 saturated heterocycles. The van der Waals surface area contributed by atoms with Gasteiger partial charge in [-0.05, 0) is 49.5 Å². The highest BCUT2D eigenvalue weighted by atomic mass is 35.5. The van der Waals surface area contributed by atoms with Gasteiger partial charge in [0, 0.05) is 5.02 Å². The van der Waals surface area contributed by atoms with E-state index in [4.69, 9.17) is 11.6 Å². The van der Waals surface area contributed by atoms with Crippen LogP contribution in [0, 0.1) is 5.92 Å². The number of rotatable bonds is 2. The molecule has 1 aromatic rings. The van der Waals surface area contributed by atoms with Crippen molar-refractivity contribution in [1.29, 1.82) is 0 Å². The lowest BCUT2D eigenvalue weighted by Gasteiger charge is -2.09. The molecule has 1 aromatic carbocycles. The Morgan fingerprint density at radius 2 is 2.36 bits per heavy atom. The van der Waals surface area contributed by atoms with Gasteiger partial charge in [-0.3, -0.25) is 0 Å². The van der Waals surface area contributed by atoms with E-state index >= 15 is 0 Å². The van der Waals surface area contributed by atoms with Crippen molar-refractivity contribution in [3.63, 3.8) is 0 Å². The standard InChI is InChI=1S/C11H14ClNO/c12-11-6-10(14)2-1-9(11)5-8-3-4-13-7-8/h1-2,6,8,13-14H,3-5,7H2. The van der Waals surface area contributed by atoms with Gasteiger partial charge in [0.25, 0.3) is 0 Å². The predicted molar refractivity (Wildman–Crippen MR) is 57.8 cm³/mol. The molecule has 0 aromatic heterocycles. The van der Waals surface area contributed by atoms with Crippen molar-refractivity contribution in [2.45, 2.75) is 12.8 Å². The lowest BCUT2D eigenvalue weighted by atomic mass is 9.99. The van der Waals surface area contributed by atoms with Gasteiger partial charge >= 0.3 is 0 Å². The molecule has 2 nitrogen and oxygen atoms in total. The second-order valence-corrected chi connectivity index (χ2v) is 4.25. The molecule has 0 radical (unpaired) electrons. The molecule has 3 heteroatoms. The third-order valence-corrected chi connectivity index (χ3v) is 3.06. The molecule has 2 N–H and O–H groups in total. The van der Waals surface area contributed by atoms with E-state index in [0.717, 1.165) is 25.1 Å². The Labute approximate surface area is 88.9 Å². The minimum Gasteiger partial charge on any atom is -0.508 e. The van der Waals surface area contributed by atoms with Crippen molar-refractivity contribution in [1.82, 2.24) is 5.32 Å². The van der Waals surface area contributed by atoms with Crippen LogP contribution in [-0.4, -0.2) is 18.2 Å². The zero-order valence-electron chi connectivity index (χ0n) is 7.96. The van der Waals surface area contributed by atoms with Crippen LogP contribution >= 0.6 is 11.6 Å². The number of phenols is 1. The summed E-state index contributed by atoms with van der Waals surface area (Å²) in [6.07, 6.45) is 2.23. The fourth-order valence-corrected chi connectivity index (χ4v) is 2.15. The van der Waals surface area contributed by atoms with E-state index in [1.54, 1.807) is 12.1 Å². The predicted octanol–water partition coefficient (Wildman–Crippen LogP) is 2.20. The maximum Gasteiger partial charge on any atom is 0.117 e. The van der Waals surface area contributed by atoms with Crippen molar-refractivity contribution in [3.05, 3.63) is 28.8 Å². The Hall–Kier alpha value is -0.730. The largest absolute Gasteiger partial charge is 0.508 e. The topological polar surface area (TPSA) is 32.3 Å². The van der Waals surface area contributed by atoms with Gasteiger partial charge in [-0.25, -0.2) is 0 Å². The lowest BCUT2D eigenvalue weighted by molar-refractivity contribution is 0.474. The molecule has 1 atom stereocenters. The van der Waals surface area contributed by atoms with Crippen LogP contribution in [0.5, 0.6) is 5.75 Å². The summed E-state index contributed by atoms with van der Waals surface area (Å²) in [5.41, 5.74) is 1.14. The summed E-state index contributed by atoms with van der Waals surface area (Å²) in [6, 6.07) is 5.22. The van der Waals surface area contributed by atoms with E-state index in [1.807, 2.05) is 6.07 Å². The van der Waals surface area contributed by atoms with Gasteiger partial charge in [-0.2, -0.15) is 0 Å². The monoisotopic (exact) mass is 211 g/mol. The molecule has 14 heavy (non-hydrogen) atoms. The maximum absolute atomic E-state index is 9.20.